The lowest BCUT2D eigenvalue weighted by atomic mass is 9.96. The molecule has 0 spiro atoms. The Bertz CT molecular complexity index is 712. The largest absolute Gasteiger partial charge is 0.345 e. The van der Waals surface area contributed by atoms with Gasteiger partial charge >= 0.3 is 0 Å². The van der Waals surface area contributed by atoms with Crippen LogP contribution in [0.3, 0.4) is 0 Å². The van der Waals surface area contributed by atoms with E-state index in [0.29, 0.717) is 6.42 Å². The van der Waals surface area contributed by atoms with Gasteiger partial charge in [-0.15, -0.1) is 23.2 Å². The fourth-order valence-electron chi connectivity index (χ4n) is 2.70. The zero-order valence-electron chi connectivity index (χ0n) is 13.1. The lowest BCUT2D eigenvalue weighted by molar-refractivity contribution is -0.126. The van der Waals surface area contributed by atoms with E-state index in [2.05, 4.69) is 5.32 Å². The highest BCUT2D eigenvalue weighted by atomic mass is 35.5. The van der Waals surface area contributed by atoms with E-state index in [1.807, 2.05) is 61.5 Å². The van der Waals surface area contributed by atoms with E-state index < -0.39 is 9.75 Å². The van der Waals surface area contributed by atoms with Gasteiger partial charge in [0.05, 0.1) is 11.5 Å². The number of aryl methyl sites for hydroxylation is 1. The number of hydrogen-bond donors (Lipinski definition) is 1. The van der Waals surface area contributed by atoms with Crippen molar-refractivity contribution < 1.29 is 4.79 Å². The summed E-state index contributed by atoms with van der Waals surface area (Å²) in [6.45, 7) is 3.85. The predicted octanol–water partition coefficient (Wildman–Crippen LogP) is 4.78. The molecule has 1 saturated carbocycles. The summed E-state index contributed by atoms with van der Waals surface area (Å²) in [6.07, 6.45) is 0.477. The zero-order chi connectivity index (χ0) is 16.7. The van der Waals surface area contributed by atoms with Crippen LogP contribution in [0.1, 0.15) is 36.1 Å². The fourth-order valence-corrected chi connectivity index (χ4v) is 3.41. The Morgan fingerprint density at radius 3 is 2.09 bits per heavy atom. The molecule has 0 heterocycles. The summed E-state index contributed by atoms with van der Waals surface area (Å²) in [5, 5.41) is 3.12. The lowest BCUT2D eigenvalue weighted by Gasteiger charge is -2.23. The zero-order valence-corrected chi connectivity index (χ0v) is 14.7. The molecule has 3 rings (SSSR count). The van der Waals surface area contributed by atoms with Crippen molar-refractivity contribution in [1.29, 1.82) is 0 Å². The summed E-state index contributed by atoms with van der Waals surface area (Å²) in [4.78, 5) is 12.7. The van der Waals surface area contributed by atoms with Gasteiger partial charge in [-0.1, -0.05) is 60.2 Å². The molecule has 120 valence electrons. The highest BCUT2D eigenvalue weighted by Gasteiger charge is 2.68. The van der Waals surface area contributed by atoms with Crippen molar-refractivity contribution in [2.24, 2.45) is 5.41 Å². The predicted molar refractivity (Wildman–Crippen MR) is 94.8 cm³/mol. The fraction of sp³-hybridized carbons (Fsp3) is 0.316. The summed E-state index contributed by atoms with van der Waals surface area (Å²) >= 11 is 12.3. The molecule has 0 unspecified atom stereocenters. The topological polar surface area (TPSA) is 29.1 Å². The Balaban J connectivity index is 1.90. The van der Waals surface area contributed by atoms with E-state index in [1.54, 1.807) is 6.92 Å². The van der Waals surface area contributed by atoms with Gasteiger partial charge in [0.25, 0.3) is 0 Å². The molecule has 0 aromatic heterocycles. The van der Waals surface area contributed by atoms with E-state index >= 15 is 0 Å². The van der Waals surface area contributed by atoms with Crippen LogP contribution in [-0.4, -0.2) is 10.2 Å². The molecule has 23 heavy (non-hydrogen) atoms. The number of rotatable bonds is 4. The van der Waals surface area contributed by atoms with Crippen molar-refractivity contribution in [3.05, 3.63) is 71.3 Å². The molecule has 0 bridgehead atoms. The number of hydrogen-bond acceptors (Lipinski definition) is 1. The Kier molecular flexibility index (Phi) is 4.16. The van der Waals surface area contributed by atoms with Crippen molar-refractivity contribution in [2.45, 2.75) is 30.6 Å². The molecule has 0 radical (unpaired) electrons. The molecule has 2 atom stereocenters. The van der Waals surface area contributed by atoms with Gasteiger partial charge in [0.15, 0.2) is 0 Å². The first-order valence-electron chi connectivity index (χ1n) is 7.64. The molecule has 0 saturated heterocycles. The average molecular weight is 348 g/mol. The molecule has 1 aliphatic rings. The lowest BCUT2D eigenvalue weighted by Crippen LogP contribution is -2.36. The minimum atomic E-state index is -0.967. The number of alkyl halides is 2. The summed E-state index contributed by atoms with van der Waals surface area (Å²) < 4.78 is -0.967. The number of halogens is 2. The van der Waals surface area contributed by atoms with E-state index in [9.17, 15) is 4.79 Å². The van der Waals surface area contributed by atoms with Crippen LogP contribution in [0.25, 0.3) is 0 Å². The minimum Gasteiger partial charge on any atom is -0.345 e. The standard InChI is InChI=1S/C19H19Cl2NO/c1-13-8-10-15(11-9-13)16(14-6-4-3-5-7-14)22-17(23)18(2)12-19(18,20)21/h3-11,16H,12H2,1-2H3,(H,22,23)/t16-,18-/m0/s1. The number of benzene rings is 2. The van der Waals surface area contributed by atoms with E-state index in [0.717, 1.165) is 11.1 Å². The highest BCUT2D eigenvalue weighted by molar-refractivity contribution is 6.53. The molecule has 4 heteroatoms. The second-order valence-corrected chi connectivity index (χ2v) is 7.93. The van der Waals surface area contributed by atoms with Crippen molar-refractivity contribution in [1.82, 2.24) is 5.32 Å². The van der Waals surface area contributed by atoms with Gasteiger partial charge < -0.3 is 5.32 Å². The first-order chi connectivity index (χ1) is 10.8. The summed E-state index contributed by atoms with van der Waals surface area (Å²) in [7, 11) is 0. The molecule has 1 amide bonds. The van der Waals surface area contributed by atoms with Crippen LogP contribution in [0.4, 0.5) is 0 Å². The first-order valence-corrected chi connectivity index (χ1v) is 8.39. The second kappa shape index (κ2) is 5.85. The smallest absolute Gasteiger partial charge is 0.229 e. The van der Waals surface area contributed by atoms with Crippen molar-refractivity contribution in [3.63, 3.8) is 0 Å². The summed E-state index contributed by atoms with van der Waals surface area (Å²) in [6, 6.07) is 17.9. The molecule has 0 aliphatic heterocycles. The Morgan fingerprint density at radius 2 is 1.57 bits per heavy atom. The Morgan fingerprint density at radius 1 is 1.04 bits per heavy atom. The molecule has 2 aromatic rings. The molecule has 1 fully saturated rings. The van der Waals surface area contributed by atoms with Crippen LogP contribution in [-0.2, 0) is 4.79 Å². The maximum absolute atomic E-state index is 12.7. The van der Waals surface area contributed by atoms with E-state index in [-0.39, 0.29) is 11.9 Å². The van der Waals surface area contributed by atoms with Gasteiger partial charge in [0.1, 0.15) is 4.33 Å². The summed E-state index contributed by atoms with van der Waals surface area (Å²) in [5.74, 6) is -0.114. The SMILES string of the molecule is Cc1ccc([C@@H](NC(=O)[C@]2(C)CC2(Cl)Cl)c2ccccc2)cc1. The van der Waals surface area contributed by atoms with Gasteiger partial charge in [-0.2, -0.15) is 0 Å². The molecular weight excluding hydrogens is 329 g/mol. The third-order valence-corrected chi connectivity index (χ3v) is 5.68. The van der Waals surface area contributed by atoms with E-state index in [1.165, 1.54) is 5.56 Å². The molecule has 1 aliphatic carbocycles. The number of amides is 1. The maximum Gasteiger partial charge on any atom is 0.229 e. The van der Waals surface area contributed by atoms with Gasteiger partial charge in [-0.3, -0.25) is 4.79 Å². The van der Waals surface area contributed by atoms with Crippen molar-refractivity contribution >= 4 is 29.1 Å². The third-order valence-electron chi connectivity index (χ3n) is 4.58. The average Bonchev–Trinajstić information content (AvgIpc) is 3.06. The Hall–Kier alpha value is -1.51. The van der Waals surface area contributed by atoms with Gasteiger partial charge in [-0.25, -0.2) is 0 Å². The van der Waals surface area contributed by atoms with Crippen LogP contribution in [0.5, 0.6) is 0 Å². The van der Waals surface area contributed by atoms with Crippen LogP contribution < -0.4 is 5.32 Å². The number of nitrogens with one attached hydrogen (secondary N) is 1. The van der Waals surface area contributed by atoms with E-state index in [4.69, 9.17) is 23.2 Å². The number of carbonyl (C=O) groups is 1. The third kappa shape index (κ3) is 3.11. The maximum atomic E-state index is 12.7. The summed E-state index contributed by atoms with van der Waals surface area (Å²) in [5.41, 5.74) is 2.52. The monoisotopic (exact) mass is 347 g/mol. The quantitative estimate of drug-likeness (QED) is 0.792. The van der Waals surface area contributed by atoms with Crippen LogP contribution in [0.15, 0.2) is 54.6 Å². The first kappa shape index (κ1) is 16.4. The van der Waals surface area contributed by atoms with Gasteiger partial charge in [0.2, 0.25) is 5.91 Å². The van der Waals surface area contributed by atoms with Gasteiger partial charge in [-0.05, 0) is 31.4 Å². The Labute approximate surface area is 146 Å². The molecule has 1 N–H and O–H groups in total. The van der Waals surface area contributed by atoms with Crippen LogP contribution in [0, 0.1) is 12.3 Å². The second-order valence-electron chi connectivity index (χ2n) is 6.44. The highest BCUT2D eigenvalue weighted by Crippen LogP contribution is 2.64. The van der Waals surface area contributed by atoms with Crippen LogP contribution in [0.2, 0.25) is 0 Å². The molecular formula is C19H19Cl2NO. The molecule has 2 nitrogen and oxygen atoms in total. The van der Waals surface area contributed by atoms with Crippen molar-refractivity contribution in [3.8, 4) is 0 Å². The molecule has 2 aromatic carbocycles. The van der Waals surface area contributed by atoms with Gasteiger partial charge in [0, 0.05) is 0 Å². The van der Waals surface area contributed by atoms with Crippen LogP contribution >= 0.6 is 23.2 Å². The van der Waals surface area contributed by atoms with Crippen molar-refractivity contribution in [2.75, 3.05) is 0 Å². The number of carbonyl (C=O) groups excluding carboxylic acids is 1. The normalized spacial score (nSPS) is 23.1. The minimum absolute atomic E-state index is 0.114.